The maximum Gasteiger partial charge on any atom is 0.246 e. The largest absolute Gasteiger partial charge is 0.383 e. The van der Waals surface area contributed by atoms with Crippen LogP contribution in [0, 0.1) is 11.8 Å². The fraction of sp³-hybridized carbons (Fsp3) is 0.296. The average molecular weight is 480 g/mol. The van der Waals surface area contributed by atoms with Gasteiger partial charge in [-0.1, -0.05) is 12.5 Å². The van der Waals surface area contributed by atoms with Gasteiger partial charge in [-0.15, -0.1) is 0 Å². The number of hydrogen-bond donors (Lipinski definition) is 1. The number of imidazole rings is 1. The first-order valence-electron chi connectivity index (χ1n) is 12.0. The molecule has 0 unspecified atom stereocenters. The number of likely N-dealkylation sites (tertiary alicyclic amines) is 1. The third-order valence-corrected chi connectivity index (χ3v) is 6.97. The summed E-state index contributed by atoms with van der Waals surface area (Å²) in [7, 11) is 0. The Labute approximate surface area is 207 Å². The Morgan fingerprint density at radius 2 is 2.00 bits per heavy atom. The Morgan fingerprint density at radius 1 is 1.17 bits per heavy atom. The number of rotatable bonds is 4. The maximum absolute atomic E-state index is 12.5. The Morgan fingerprint density at radius 3 is 2.75 bits per heavy atom. The highest BCUT2D eigenvalue weighted by molar-refractivity contribution is 6.09. The number of nitrogen functional groups attached to an aromatic ring is 1. The van der Waals surface area contributed by atoms with E-state index >= 15 is 0 Å². The standard InChI is InChI=1S/C27H25N7O2/c1-3-24(36)32-11-10-19(14-32)34-26-20(16(2)35)13-29-27(28)25(26)21(31-34)8-4-17-5-9-23-22(12-17)30-15-33(23)18-6-7-18/h3,5,9,12-13,15,18-19H,1,6-7,10-11,14H2,2H3,(H2,28,29)/t19-/m0/s1. The number of hydrogen-bond acceptors (Lipinski definition) is 6. The molecule has 9 heteroatoms. The van der Waals surface area contributed by atoms with Gasteiger partial charge in [0.25, 0.3) is 0 Å². The Balaban J connectivity index is 1.44. The molecule has 0 bridgehead atoms. The number of nitrogens with zero attached hydrogens (tertiary/aromatic N) is 6. The quantitative estimate of drug-likeness (QED) is 0.273. The highest BCUT2D eigenvalue weighted by Gasteiger charge is 2.30. The molecule has 2 aliphatic rings. The van der Waals surface area contributed by atoms with E-state index in [2.05, 4.69) is 39.0 Å². The molecule has 1 aromatic carbocycles. The predicted octanol–water partition coefficient (Wildman–Crippen LogP) is 3.26. The number of anilines is 1. The molecule has 0 spiro atoms. The molecule has 2 fully saturated rings. The lowest BCUT2D eigenvalue weighted by Crippen LogP contribution is -2.27. The number of aromatic nitrogens is 5. The first-order chi connectivity index (χ1) is 17.4. The second-order valence-electron chi connectivity index (χ2n) is 9.40. The molecule has 1 saturated heterocycles. The summed E-state index contributed by atoms with van der Waals surface area (Å²) < 4.78 is 4.02. The minimum atomic E-state index is -0.137. The summed E-state index contributed by atoms with van der Waals surface area (Å²) in [5.74, 6) is 6.36. The van der Waals surface area contributed by atoms with Gasteiger partial charge in [-0.3, -0.25) is 14.3 Å². The molecule has 4 aromatic rings. The smallest absolute Gasteiger partial charge is 0.246 e. The van der Waals surface area contributed by atoms with Crippen LogP contribution in [0.2, 0.25) is 0 Å². The number of amides is 1. The van der Waals surface area contributed by atoms with Crippen LogP contribution in [0.4, 0.5) is 5.82 Å². The summed E-state index contributed by atoms with van der Waals surface area (Å²) in [6.45, 7) is 6.13. The monoisotopic (exact) mass is 479 g/mol. The van der Waals surface area contributed by atoms with E-state index in [0.29, 0.717) is 47.7 Å². The zero-order valence-corrected chi connectivity index (χ0v) is 19.9. The summed E-state index contributed by atoms with van der Waals surface area (Å²) in [5.41, 5.74) is 10.6. The van der Waals surface area contributed by atoms with Crippen LogP contribution >= 0.6 is 0 Å². The number of nitrogens with two attached hydrogens (primary N) is 1. The molecule has 36 heavy (non-hydrogen) atoms. The van der Waals surface area contributed by atoms with E-state index in [1.54, 1.807) is 9.58 Å². The van der Waals surface area contributed by atoms with Gasteiger partial charge in [0.15, 0.2) is 5.78 Å². The van der Waals surface area contributed by atoms with Crippen molar-refractivity contribution in [2.75, 3.05) is 18.8 Å². The molecule has 4 heterocycles. The molecule has 1 amide bonds. The van der Waals surface area contributed by atoms with E-state index < -0.39 is 0 Å². The molecular formula is C27H25N7O2. The van der Waals surface area contributed by atoms with Crippen molar-refractivity contribution >= 4 is 39.4 Å². The zero-order valence-electron chi connectivity index (χ0n) is 19.9. The highest BCUT2D eigenvalue weighted by atomic mass is 16.2. The summed E-state index contributed by atoms with van der Waals surface area (Å²) >= 11 is 0. The minimum absolute atomic E-state index is 0.116. The Hall–Kier alpha value is -4.45. The Kier molecular flexibility index (Phi) is 5.11. The van der Waals surface area contributed by atoms with E-state index in [-0.39, 0.29) is 23.6 Å². The minimum Gasteiger partial charge on any atom is -0.383 e. The molecule has 1 atom stereocenters. The molecule has 2 N–H and O–H groups in total. The number of benzene rings is 1. The maximum atomic E-state index is 12.5. The van der Waals surface area contributed by atoms with Gasteiger partial charge in [0.05, 0.1) is 39.9 Å². The van der Waals surface area contributed by atoms with Gasteiger partial charge in [0.2, 0.25) is 5.91 Å². The molecule has 1 aliphatic carbocycles. The van der Waals surface area contributed by atoms with Crippen LogP contribution in [-0.4, -0.2) is 54.0 Å². The topological polar surface area (TPSA) is 112 Å². The van der Waals surface area contributed by atoms with Gasteiger partial charge in [-0.25, -0.2) is 9.97 Å². The molecule has 6 rings (SSSR count). The fourth-order valence-electron chi connectivity index (χ4n) is 4.96. The first-order valence-corrected chi connectivity index (χ1v) is 12.0. The van der Waals surface area contributed by atoms with Crippen LogP contribution in [0.15, 0.2) is 43.4 Å². The number of pyridine rings is 1. The van der Waals surface area contributed by atoms with Crippen LogP contribution in [0.25, 0.3) is 21.9 Å². The van der Waals surface area contributed by atoms with Gasteiger partial charge in [-0.05, 0) is 56.4 Å². The highest BCUT2D eigenvalue weighted by Crippen LogP contribution is 2.37. The third kappa shape index (κ3) is 3.62. The van der Waals surface area contributed by atoms with Crippen molar-refractivity contribution in [3.8, 4) is 11.8 Å². The molecule has 9 nitrogen and oxygen atoms in total. The Bertz CT molecular complexity index is 1630. The lowest BCUT2D eigenvalue weighted by molar-refractivity contribution is -0.125. The zero-order chi connectivity index (χ0) is 25.0. The number of ketones is 1. The van der Waals surface area contributed by atoms with E-state index in [1.807, 2.05) is 18.5 Å². The van der Waals surface area contributed by atoms with Crippen LogP contribution in [0.5, 0.6) is 0 Å². The fourth-order valence-corrected chi connectivity index (χ4v) is 4.96. The third-order valence-electron chi connectivity index (χ3n) is 6.97. The van der Waals surface area contributed by atoms with Crippen molar-refractivity contribution in [2.24, 2.45) is 0 Å². The van der Waals surface area contributed by atoms with Crippen molar-refractivity contribution in [3.05, 3.63) is 60.2 Å². The number of fused-ring (bicyclic) bond motifs is 2. The first kappa shape index (κ1) is 22.0. The van der Waals surface area contributed by atoms with Crippen molar-refractivity contribution < 1.29 is 9.59 Å². The molecule has 1 aliphatic heterocycles. The normalized spacial score (nSPS) is 17.4. The van der Waals surface area contributed by atoms with Gasteiger partial charge < -0.3 is 15.2 Å². The lowest BCUT2D eigenvalue weighted by Gasteiger charge is -2.16. The van der Waals surface area contributed by atoms with Crippen molar-refractivity contribution in [1.29, 1.82) is 0 Å². The average Bonchev–Trinajstić information content (AvgIpc) is 3.28. The van der Waals surface area contributed by atoms with E-state index in [1.165, 1.54) is 32.0 Å². The molecule has 1 saturated carbocycles. The van der Waals surface area contributed by atoms with Crippen molar-refractivity contribution in [3.63, 3.8) is 0 Å². The molecule has 3 aromatic heterocycles. The molecule has 180 valence electrons. The second-order valence-corrected chi connectivity index (χ2v) is 9.40. The summed E-state index contributed by atoms with van der Waals surface area (Å²) in [6.07, 6.45) is 7.78. The van der Waals surface area contributed by atoms with E-state index in [0.717, 1.165) is 16.6 Å². The second kappa shape index (κ2) is 8.34. The van der Waals surface area contributed by atoms with Crippen molar-refractivity contribution in [2.45, 2.75) is 38.3 Å². The SMILES string of the molecule is C=CC(=O)N1CC[C@H](n2nc(C#Cc3ccc4c(c3)ncn4C3CC3)c3c(N)ncc(C(C)=O)c32)C1. The van der Waals surface area contributed by atoms with E-state index in [4.69, 9.17) is 10.8 Å². The van der Waals surface area contributed by atoms with E-state index in [9.17, 15) is 9.59 Å². The summed E-state index contributed by atoms with van der Waals surface area (Å²) in [6, 6.07) is 6.44. The predicted molar refractivity (Wildman–Crippen MR) is 136 cm³/mol. The number of carbonyl (C=O) groups is 2. The summed E-state index contributed by atoms with van der Waals surface area (Å²) in [5, 5.41) is 5.35. The van der Waals surface area contributed by atoms with Crippen LogP contribution in [-0.2, 0) is 4.79 Å². The van der Waals surface area contributed by atoms with Gasteiger partial charge in [0, 0.05) is 30.9 Å². The number of Topliss-reactive ketones (excluding diaryl/α,β-unsaturated/α-hetero) is 1. The number of carbonyl (C=O) groups excluding carboxylic acids is 2. The molecule has 0 radical (unpaired) electrons. The van der Waals surface area contributed by atoms with Gasteiger partial charge >= 0.3 is 0 Å². The van der Waals surface area contributed by atoms with Crippen molar-refractivity contribution in [1.82, 2.24) is 29.2 Å². The lowest BCUT2D eigenvalue weighted by atomic mass is 10.1. The van der Waals surface area contributed by atoms with Crippen LogP contribution < -0.4 is 5.73 Å². The van der Waals surface area contributed by atoms with Crippen LogP contribution in [0.3, 0.4) is 0 Å². The summed E-state index contributed by atoms with van der Waals surface area (Å²) in [4.78, 5) is 35.2. The van der Waals surface area contributed by atoms with Gasteiger partial charge in [-0.2, -0.15) is 5.10 Å². The van der Waals surface area contributed by atoms with Gasteiger partial charge in [0.1, 0.15) is 11.5 Å². The molecular weight excluding hydrogens is 454 g/mol. The van der Waals surface area contributed by atoms with Crippen LogP contribution in [0.1, 0.15) is 59.9 Å².